The van der Waals surface area contributed by atoms with Crippen molar-refractivity contribution in [2.75, 3.05) is 19.6 Å². The predicted octanol–water partition coefficient (Wildman–Crippen LogP) is 2.20. The molecule has 4 heteroatoms. The van der Waals surface area contributed by atoms with E-state index >= 15 is 0 Å². The van der Waals surface area contributed by atoms with Crippen molar-refractivity contribution < 1.29 is 4.79 Å². The number of nitrogens with one attached hydrogen (secondary N) is 1. The van der Waals surface area contributed by atoms with Crippen LogP contribution < -0.4 is 5.32 Å². The number of amides is 1. The minimum Gasteiger partial charge on any atom is -0.337 e. The molecule has 1 aromatic rings. The number of hydrogen-bond donors (Lipinski definition) is 1. The number of benzene rings is 1. The van der Waals surface area contributed by atoms with Crippen LogP contribution in [0.5, 0.6) is 0 Å². The summed E-state index contributed by atoms with van der Waals surface area (Å²) in [5.74, 6) is 0.264. The van der Waals surface area contributed by atoms with Crippen molar-refractivity contribution in [2.45, 2.75) is 25.8 Å². The van der Waals surface area contributed by atoms with Gasteiger partial charge in [0.25, 0.3) is 0 Å². The van der Waals surface area contributed by atoms with Gasteiger partial charge in [0.1, 0.15) is 0 Å². The Bertz CT molecular complexity index is 422. The molecule has 1 heterocycles. The van der Waals surface area contributed by atoms with E-state index in [-0.39, 0.29) is 5.91 Å². The van der Waals surface area contributed by atoms with Crippen molar-refractivity contribution in [1.29, 1.82) is 0 Å². The molecule has 1 atom stereocenters. The lowest BCUT2D eigenvalue weighted by molar-refractivity contribution is -0.133. The Labute approximate surface area is 117 Å². The summed E-state index contributed by atoms with van der Waals surface area (Å²) < 4.78 is 1.09. The largest absolute Gasteiger partial charge is 0.337 e. The first-order chi connectivity index (χ1) is 8.68. The number of carbonyl (C=O) groups excluding carboxylic acids is 1. The maximum absolute atomic E-state index is 12.2. The second-order valence-electron chi connectivity index (χ2n) is 4.73. The van der Waals surface area contributed by atoms with Gasteiger partial charge in [-0.15, -0.1) is 0 Å². The van der Waals surface area contributed by atoms with Crippen LogP contribution >= 0.6 is 15.9 Å². The van der Waals surface area contributed by atoms with Crippen LogP contribution in [0.15, 0.2) is 28.7 Å². The third-order valence-corrected chi connectivity index (χ3v) is 4.16. The van der Waals surface area contributed by atoms with Crippen LogP contribution in [0.3, 0.4) is 0 Å². The van der Waals surface area contributed by atoms with Crippen molar-refractivity contribution >= 4 is 21.8 Å². The highest BCUT2D eigenvalue weighted by Crippen LogP contribution is 2.18. The van der Waals surface area contributed by atoms with Crippen molar-refractivity contribution in [3.05, 3.63) is 34.3 Å². The number of nitrogens with zero attached hydrogens (tertiary/aromatic N) is 1. The van der Waals surface area contributed by atoms with Crippen LogP contribution in [0.1, 0.15) is 18.9 Å². The van der Waals surface area contributed by atoms with Crippen LogP contribution in [0.25, 0.3) is 0 Å². The molecule has 1 unspecified atom stereocenters. The first kappa shape index (κ1) is 13.6. The van der Waals surface area contributed by atoms with E-state index in [1.54, 1.807) is 0 Å². The molecule has 0 spiro atoms. The van der Waals surface area contributed by atoms with E-state index in [1.807, 2.05) is 23.1 Å². The van der Waals surface area contributed by atoms with Crippen LogP contribution in [-0.4, -0.2) is 36.5 Å². The van der Waals surface area contributed by atoms with Gasteiger partial charge in [-0.05, 0) is 25.0 Å². The standard InChI is InChI=1S/C14H19BrN2O/c1-11-10-16-8-9-17(11)14(18)7-6-12-4-2-3-5-13(12)15/h2-5,11,16H,6-10H2,1H3. The highest BCUT2D eigenvalue weighted by atomic mass is 79.9. The van der Waals surface area contributed by atoms with Gasteiger partial charge in [0.05, 0.1) is 0 Å². The van der Waals surface area contributed by atoms with Gasteiger partial charge >= 0.3 is 0 Å². The normalized spacial score (nSPS) is 19.9. The average molecular weight is 311 g/mol. The summed E-state index contributed by atoms with van der Waals surface area (Å²) in [4.78, 5) is 14.2. The van der Waals surface area contributed by atoms with Crippen molar-refractivity contribution in [2.24, 2.45) is 0 Å². The molecule has 1 amide bonds. The zero-order valence-electron chi connectivity index (χ0n) is 10.7. The third-order valence-electron chi connectivity index (χ3n) is 3.39. The van der Waals surface area contributed by atoms with E-state index in [0.717, 1.165) is 30.5 Å². The quantitative estimate of drug-likeness (QED) is 0.928. The number of piperazine rings is 1. The minimum atomic E-state index is 0.264. The van der Waals surface area contributed by atoms with E-state index in [1.165, 1.54) is 5.56 Å². The Morgan fingerprint density at radius 3 is 3.00 bits per heavy atom. The Balaban J connectivity index is 1.90. The molecule has 2 rings (SSSR count). The van der Waals surface area contributed by atoms with Crippen LogP contribution in [0.2, 0.25) is 0 Å². The Morgan fingerprint density at radius 2 is 2.28 bits per heavy atom. The minimum absolute atomic E-state index is 0.264. The molecular formula is C14H19BrN2O. The molecule has 0 aliphatic carbocycles. The molecule has 3 nitrogen and oxygen atoms in total. The fraction of sp³-hybridized carbons (Fsp3) is 0.500. The SMILES string of the molecule is CC1CNCCN1C(=O)CCc1ccccc1Br. The first-order valence-electron chi connectivity index (χ1n) is 6.42. The molecule has 0 bridgehead atoms. The lowest BCUT2D eigenvalue weighted by atomic mass is 10.1. The highest BCUT2D eigenvalue weighted by molar-refractivity contribution is 9.10. The van der Waals surface area contributed by atoms with Gasteiger partial charge in [-0.2, -0.15) is 0 Å². The topological polar surface area (TPSA) is 32.3 Å². The van der Waals surface area contributed by atoms with E-state index in [0.29, 0.717) is 12.5 Å². The van der Waals surface area contributed by atoms with Gasteiger partial charge in [-0.25, -0.2) is 0 Å². The molecular weight excluding hydrogens is 292 g/mol. The summed E-state index contributed by atoms with van der Waals surface area (Å²) in [7, 11) is 0. The van der Waals surface area contributed by atoms with Crippen LogP contribution in [-0.2, 0) is 11.2 Å². The Morgan fingerprint density at radius 1 is 1.50 bits per heavy atom. The molecule has 18 heavy (non-hydrogen) atoms. The van der Waals surface area contributed by atoms with Crippen molar-refractivity contribution in [3.63, 3.8) is 0 Å². The summed E-state index contributed by atoms with van der Waals surface area (Å²) >= 11 is 3.52. The van der Waals surface area contributed by atoms with Crippen molar-refractivity contribution in [3.8, 4) is 0 Å². The summed E-state index contributed by atoms with van der Waals surface area (Å²) in [6, 6.07) is 8.41. The molecule has 1 aliphatic heterocycles. The monoisotopic (exact) mass is 310 g/mol. The first-order valence-corrected chi connectivity index (χ1v) is 7.21. The molecule has 0 saturated carbocycles. The highest BCUT2D eigenvalue weighted by Gasteiger charge is 2.22. The Kier molecular flexibility index (Phi) is 4.78. The van der Waals surface area contributed by atoms with Crippen molar-refractivity contribution in [1.82, 2.24) is 10.2 Å². The summed E-state index contributed by atoms with van der Waals surface area (Å²) in [5, 5.41) is 3.30. The number of carbonyl (C=O) groups is 1. The summed E-state index contributed by atoms with van der Waals surface area (Å²) in [6.07, 6.45) is 1.39. The smallest absolute Gasteiger partial charge is 0.223 e. The number of aryl methyl sites for hydroxylation is 1. The lowest BCUT2D eigenvalue weighted by Gasteiger charge is -2.34. The lowest BCUT2D eigenvalue weighted by Crippen LogP contribution is -2.52. The molecule has 1 aliphatic rings. The Hall–Kier alpha value is -0.870. The zero-order chi connectivity index (χ0) is 13.0. The average Bonchev–Trinajstić information content (AvgIpc) is 2.38. The summed E-state index contributed by atoms with van der Waals surface area (Å²) in [6.45, 7) is 4.74. The molecule has 98 valence electrons. The molecule has 1 fully saturated rings. The fourth-order valence-corrected chi connectivity index (χ4v) is 2.78. The van der Waals surface area contributed by atoms with Gasteiger partial charge in [-0.1, -0.05) is 34.1 Å². The summed E-state index contributed by atoms with van der Waals surface area (Å²) in [5.41, 5.74) is 1.20. The van der Waals surface area contributed by atoms with Gasteiger partial charge in [-0.3, -0.25) is 4.79 Å². The zero-order valence-corrected chi connectivity index (χ0v) is 12.2. The molecule has 1 saturated heterocycles. The van der Waals surface area contributed by atoms with Gasteiger partial charge < -0.3 is 10.2 Å². The third kappa shape index (κ3) is 3.33. The molecule has 0 aromatic heterocycles. The molecule has 0 radical (unpaired) electrons. The van der Waals surface area contributed by atoms with Crippen LogP contribution in [0.4, 0.5) is 0 Å². The van der Waals surface area contributed by atoms with Gasteiger partial charge in [0.2, 0.25) is 5.91 Å². The second-order valence-corrected chi connectivity index (χ2v) is 5.59. The fourth-order valence-electron chi connectivity index (χ4n) is 2.30. The number of hydrogen-bond acceptors (Lipinski definition) is 2. The maximum Gasteiger partial charge on any atom is 0.223 e. The number of halogens is 1. The molecule has 1 N–H and O–H groups in total. The molecule has 1 aromatic carbocycles. The second kappa shape index (κ2) is 6.34. The van der Waals surface area contributed by atoms with Crippen LogP contribution in [0, 0.1) is 0 Å². The maximum atomic E-state index is 12.2. The van der Waals surface area contributed by atoms with E-state index < -0.39 is 0 Å². The number of rotatable bonds is 3. The van der Waals surface area contributed by atoms with E-state index in [2.05, 4.69) is 34.2 Å². The van der Waals surface area contributed by atoms with Gasteiger partial charge in [0, 0.05) is 36.6 Å². The van der Waals surface area contributed by atoms with Gasteiger partial charge in [0.15, 0.2) is 0 Å². The van der Waals surface area contributed by atoms with E-state index in [4.69, 9.17) is 0 Å². The van der Waals surface area contributed by atoms with E-state index in [9.17, 15) is 4.79 Å². The predicted molar refractivity (Wildman–Crippen MR) is 76.5 cm³/mol.